The second kappa shape index (κ2) is 9.70. The number of aryl methyl sites for hydroxylation is 1. The minimum atomic E-state index is 0.661. The predicted octanol–water partition coefficient (Wildman–Crippen LogP) is -1.41. The highest BCUT2D eigenvalue weighted by atomic mass is 16.5. The zero-order chi connectivity index (χ0) is 19.9. The van der Waals surface area contributed by atoms with Gasteiger partial charge in [0.05, 0.1) is 26.9 Å². The van der Waals surface area contributed by atoms with Crippen LogP contribution in [0.1, 0.15) is 24.7 Å². The lowest BCUT2D eigenvalue weighted by molar-refractivity contribution is -1.02. The van der Waals surface area contributed by atoms with Gasteiger partial charge in [-0.05, 0) is 29.0 Å². The van der Waals surface area contributed by atoms with E-state index in [4.69, 9.17) is 14.2 Å². The topological polar surface area (TPSA) is 80.2 Å². The van der Waals surface area contributed by atoms with Gasteiger partial charge in [-0.15, -0.1) is 5.10 Å². The molecule has 2 aromatic rings. The third-order valence-electron chi connectivity index (χ3n) is 5.34. The molecule has 0 aliphatic carbocycles. The van der Waals surface area contributed by atoms with Gasteiger partial charge in [0.15, 0.2) is 11.5 Å². The molecule has 0 bridgehead atoms. The van der Waals surface area contributed by atoms with Crippen molar-refractivity contribution in [3.63, 3.8) is 0 Å². The highest BCUT2D eigenvalue weighted by Gasteiger charge is 2.27. The predicted molar refractivity (Wildman–Crippen MR) is 103 cm³/mol. The van der Waals surface area contributed by atoms with Crippen molar-refractivity contribution in [2.75, 3.05) is 47.5 Å². The van der Waals surface area contributed by atoms with E-state index in [-0.39, 0.29) is 0 Å². The van der Waals surface area contributed by atoms with Crippen LogP contribution in [0, 0.1) is 0 Å². The summed E-state index contributed by atoms with van der Waals surface area (Å²) in [6.45, 7) is 9.22. The summed E-state index contributed by atoms with van der Waals surface area (Å²) in [6.07, 6.45) is 1.04. The molecule has 1 aromatic heterocycles. The van der Waals surface area contributed by atoms with Crippen molar-refractivity contribution < 1.29 is 24.0 Å². The number of tetrazole rings is 1. The van der Waals surface area contributed by atoms with Crippen molar-refractivity contribution in [2.45, 2.75) is 33.0 Å². The van der Waals surface area contributed by atoms with Crippen LogP contribution in [0.4, 0.5) is 0 Å². The summed E-state index contributed by atoms with van der Waals surface area (Å²) in [6, 6.07) is 4.02. The summed E-state index contributed by atoms with van der Waals surface area (Å²) in [5.74, 6) is 3.11. The summed E-state index contributed by atoms with van der Waals surface area (Å²) < 4.78 is 18.5. The molecule has 0 spiro atoms. The fourth-order valence-electron chi connectivity index (χ4n) is 3.84. The number of hydrogen-bond acceptors (Lipinski definition) is 6. The molecule has 2 heterocycles. The molecule has 0 amide bonds. The minimum Gasteiger partial charge on any atom is -0.493 e. The second-order valence-corrected chi connectivity index (χ2v) is 7.17. The molecular formula is C19H32N6O3+2. The van der Waals surface area contributed by atoms with Gasteiger partial charge >= 0.3 is 0 Å². The number of rotatable bonds is 9. The first-order valence-corrected chi connectivity index (χ1v) is 9.90. The second-order valence-electron chi connectivity index (χ2n) is 7.17. The molecule has 1 aromatic carbocycles. The molecule has 9 nitrogen and oxygen atoms in total. The molecule has 154 valence electrons. The van der Waals surface area contributed by atoms with Crippen molar-refractivity contribution in [3.05, 3.63) is 23.5 Å². The average molecular weight is 393 g/mol. The van der Waals surface area contributed by atoms with Crippen LogP contribution in [-0.4, -0.2) is 67.7 Å². The first-order chi connectivity index (χ1) is 13.7. The minimum absolute atomic E-state index is 0.661. The normalized spacial score (nSPS) is 19.4. The molecular weight excluding hydrogens is 360 g/mol. The van der Waals surface area contributed by atoms with Crippen LogP contribution in [0.15, 0.2) is 12.1 Å². The summed E-state index contributed by atoms with van der Waals surface area (Å²) in [7, 11) is 4.96. The molecule has 0 atom stereocenters. The van der Waals surface area contributed by atoms with Gasteiger partial charge in [0.2, 0.25) is 11.6 Å². The molecule has 0 radical (unpaired) electrons. The van der Waals surface area contributed by atoms with Crippen LogP contribution in [0.25, 0.3) is 0 Å². The van der Waals surface area contributed by atoms with Gasteiger partial charge in [-0.2, -0.15) is 0 Å². The molecule has 28 heavy (non-hydrogen) atoms. The Bertz CT molecular complexity index is 758. The number of quaternary nitrogens is 2. The highest BCUT2D eigenvalue weighted by Crippen LogP contribution is 2.39. The number of nitrogens with one attached hydrogen (secondary N) is 2. The molecule has 0 unspecified atom stereocenters. The van der Waals surface area contributed by atoms with Crippen molar-refractivity contribution in [3.8, 4) is 17.2 Å². The standard InChI is InChI=1S/C19H30N6O3/c1-5-8-25-17(20-21-22-25)14-24-11-9-23(10-12-24)13-15-6-7-16(26-2)19(28-4)18(15)27-3/h6-7H,5,8-14H2,1-4H3/p+2. The van der Waals surface area contributed by atoms with Gasteiger partial charge in [0, 0.05) is 6.54 Å². The molecule has 0 saturated carbocycles. The summed E-state index contributed by atoms with van der Waals surface area (Å²) in [5, 5.41) is 12.1. The van der Waals surface area contributed by atoms with Gasteiger partial charge in [-0.3, -0.25) is 0 Å². The third kappa shape index (κ3) is 4.53. The summed E-state index contributed by atoms with van der Waals surface area (Å²) in [4.78, 5) is 3.08. The van der Waals surface area contributed by atoms with Crippen LogP contribution in [-0.2, 0) is 19.6 Å². The van der Waals surface area contributed by atoms with E-state index in [2.05, 4.69) is 28.5 Å². The SMILES string of the molecule is CCCn1nnnc1C[NH+]1CC[NH+](Cc2ccc(OC)c(OC)c2OC)CC1. The number of piperazine rings is 1. The van der Waals surface area contributed by atoms with Crippen LogP contribution in [0.3, 0.4) is 0 Å². The van der Waals surface area contributed by atoms with Crippen molar-refractivity contribution in [2.24, 2.45) is 0 Å². The summed E-state index contributed by atoms with van der Waals surface area (Å²) in [5.41, 5.74) is 1.14. The van der Waals surface area contributed by atoms with Crippen LogP contribution >= 0.6 is 0 Å². The Morgan fingerprint density at radius 2 is 1.61 bits per heavy atom. The van der Waals surface area contributed by atoms with Crippen LogP contribution in [0.2, 0.25) is 0 Å². The maximum absolute atomic E-state index is 5.63. The molecule has 1 aliphatic heterocycles. The smallest absolute Gasteiger partial charge is 0.206 e. The van der Waals surface area contributed by atoms with Crippen LogP contribution in [0.5, 0.6) is 17.2 Å². The molecule has 1 saturated heterocycles. The van der Waals surface area contributed by atoms with Gasteiger partial charge in [0.25, 0.3) is 0 Å². The summed E-state index contributed by atoms with van der Waals surface area (Å²) >= 11 is 0. The fraction of sp³-hybridized carbons (Fsp3) is 0.632. The van der Waals surface area contributed by atoms with Crippen LogP contribution < -0.4 is 24.0 Å². The lowest BCUT2D eigenvalue weighted by atomic mass is 10.1. The Kier molecular flexibility index (Phi) is 7.05. The van der Waals surface area contributed by atoms with Gasteiger partial charge in [0.1, 0.15) is 39.3 Å². The monoisotopic (exact) mass is 392 g/mol. The Morgan fingerprint density at radius 3 is 2.21 bits per heavy atom. The number of ether oxygens (including phenoxy) is 3. The number of aromatic nitrogens is 4. The maximum atomic E-state index is 5.63. The van der Waals surface area contributed by atoms with E-state index in [1.807, 2.05) is 10.7 Å². The van der Waals surface area contributed by atoms with E-state index in [9.17, 15) is 0 Å². The average Bonchev–Trinajstić information content (AvgIpc) is 3.16. The lowest BCUT2D eigenvalue weighted by Gasteiger charge is -2.30. The Morgan fingerprint density at radius 1 is 0.929 bits per heavy atom. The molecule has 1 fully saturated rings. The lowest BCUT2D eigenvalue weighted by Crippen LogP contribution is -3.27. The van der Waals surface area contributed by atoms with Crippen molar-refractivity contribution >= 4 is 0 Å². The Labute approximate surface area is 166 Å². The van der Waals surface area contributed by atoms with Gasteiger partial charge in [-0.25, -0.2) is 4.68 Å². The van der Waals surface area contributed by atoms with E-state index < -0.39 is 0 Å². The molecule has 3 rings (SSSR count). The first-order valence-electron chi connectivity index (χ1n) is 9.90. The zero-order valence-corrected chi connectivity index (χ0v) is 17.3. The molecule has 2 N–H and O–H groups in total. The number of methoxy groups -OCH3 is 3. The fourth-order valence-corrected chi connectivity index (χ4v) is 3.84. The quantitative estimate of drug-likeness (QED) is 0.546. The maximum Gasteiger partial charge on any atom is 0.206 e. The van der Waals surface area contributed by atoms with Crippen molar-refractivity contribution in [1.82, 2.24) is 20.2 Å². The Hall–Kier alpha value is -2.39. The first kappa shape index (κ1) is 20.3. The van der Waals surface area contributed by atoms with Gasteiger partial charge < -0.3 is 24.0 Å². The Balaban J connectivity index is 1.59. The number of benzene rings is 1. The third-order valence-corrected chi connectivity index (χ3v) is 5.34. The van der Waals surface area contributed by atoms with Crippen molar-refractivity contribution in [1.29, 1.82) is 0 Å². The van der Waals surface area contributed by atoms with E-state index in [0.717, 1.165) is 69.4 Å². The molecule has 9 heteroatoms. The van der Waals surface area contributed by atoms with E-state index in [0.29, 0.717) is 11.5 Å². The van der Waals surface area contributed by atoms with E-state index in [1.54, 1.807) is 26.2 Å². The van der Waals surface area contributed by atoms with E-state index >= 15 is 0 Å². The number of hydrogen-bond donors (Lipinski definition) is 2. The van der Waals surface area contributed by atoms with E-state index in [1.165, 1.54) is 4.90 Å². The largest absolute Gasteiger partial charge is 0.493 e. The molecule has 1 aliphatic rings. The number of nitrogens with zero attached hydrogens (tertiary/aromatic N) is 4. The highest BCUT2D eigenvalue weighted by molar-refractivity contribution is 5.55. The zero-order valence-electron chi connectivity index (χ0n) is 17.3. The van der Waals surface area contributed by atoms with Gasteiger partial charge in [-0.1, -0.05) is 6.92 Å².